The van der Waals surface area contributed by atoms with Gasteiger partial charge in [0.25, 0.3) is 0 Å². The molecule has 0 aromatic rings. The highest BCUT2D eigenvalue weighted by Gasteiger charge is 2.24. The highest BCUT2D eigenvalue weighted by molar-refractivity contribution is 5.84. The average Bonchev–Trinajstić information content (AvgIpc) is 2.45. The second kappa shape index (κ2) is 9.85. The van der Waals surface area contributed by atoms with E-state index < -0.39 is 0 Å². The number of carbonyl (C=O) groups excluding carboxylic acids is 1. The fourth-order valence-corrected chi connectivity index (χ4v) is 2.55. The predicted octanol–water partition coefficient (Wildman–Crippen LogP) is 2.91. The van der Waals surface area contributed by atoms with Crippen molar-refractivity contribution in [3.05, 3.63) is 0 Å². The zero-order valence-corrected chi connectivity index (χ0v) is 16.5. The highest BCUT2D eigenvalue weighted by atomic mass is 16.5. The molecular formula is C19H37NO4. The Morgan fingerprint density at radius 2 is 1.54 bits per heavy atom. The maximum atomic E-state index is 11.7. The lowest BCUT2D eigenvalue weighted by atomic mass is 9.91. The second-order valence-electron chi connectivity index (χ2n) is 8.61. The van der Waals surface area contributed by atoms with Gasteiger partial charge in [0.1, 0.15) is 6.61 Å². The van der Waals surface area contributed by atoms with Gasteiger partial charge in [0.15, 0.2) is 5.78 Å². The molecule has 142 valence electrons. The Morgan fingerprint density at radius 3 is 2.08 bits per heavy atom. The molecule has 0 unspecified atom stereocenters. The van der Waals surface area contributed by atoms with Gasteiger partial charge in [-0.1, -0.05) is 20.8 Å². The van der Waals surface area contributed by atoms with Crippen LogP contribution >= 0.6 is 0 Å². The van der Waals surface area contributed by atoms with Gasteiger partial charge in [0.2, 0.25) is 0 Å². The number of rotatable bonds is 9. The summed E-state index contributed by atoms with van der Waals surface area (Å²) in [6.07, 6.45) is 2.57. The van der Waals surface area contributed by atoms with Crippen LogP contribution in [0.5, 0.6) is 0 Å². The molecule has 0 amide bonds. The molecule has 5 nitrogen and oxygen atoms in total. The summed E-state index contributed by atoms with van der Waals surface area (Å²) in [7, 11) is 0. The highest BCUT2D eigenvalue weighted by Crippen LogP contribution is 2.19. The van der Waals surface area contributed by atoms with Gasteiger partial charge < -0.3 is 19.1 Å². The zero-order chi connectivity index (χ0) is 18.2. The van der Waals surface area contributed by atoms with Crippen LogP contribution in [0.3, 0.4) is 0 Å². The van der Waals surface area contributed by atoms with E-state index in [0.29, 0.717) is 25.9 Å². The summed E-state index contributed by atoms with van der Waals surface area (Å²) >= 11 is 0. The molecule has 0 aliphatic carbocycles. The van der Waals surface area contributed by atoms with E-state index in [2.05, 4.69) is 25.7 Å². The van der Waals surface area contributed by atoms with Crippen LogP contribution in [0.15, 0.2) is 0 Å². The number of ketones is 1. The monoisotopic (exact) mass is 343 g/mol. The number of piperidine rings is 1. The standard InChI is InChI=1S/C19H37NO4/c1-18(2,3)17(21)15-23-14-13-22-12-11-20-9-7-16(8-10-20)24-19(4,5)6/h16H,7-15H2,1-6H3. The van der Waals surface area contributed by atoms with Crippen LogP contribution < -0.4 is 0 Å². The molecule has 1 heterocycles. The number of Topliss-reactive ketones (excluding diaryl/α,β-unsaturated/α-hetero) is 1. The summed E-state index contributed by atoms with van der Waals surface area (Å²) < 4.78 is 17.0. The first-order valence-electron chi connectivity index (χ1n) is 9.17. The van der Waals surface area contributed by atoms with Crippen molar-refractivity contribution in [2.45, 2.75) is 66.1 Å². The van der Waals surface area contributed by atoms with Crippen LogP contribution in [0.25, 0.3) is 0 Å². The molecule has 0 aromatic heterocycles. The quantitative estimate of drug-likeness (QED) is 0.603. The summed E-state index contributed by atoms with van der Waals surface area (Å²) in [6.45, 7) is 17.1. The maximum absolute atomic E-state index is 11.7. The van der Waals surface area contributed by atoms with Crippen molar-refractivity contribution in [3.8, 4) is 0 Å². The number of likely N-dealkylation sites (tertiary alicyclic amines) is 1. The molecule has 0 saturated carbocycles. The van der Waals surface area contributed by atoms with Gasteiger partial charge in [0.05, 0.1) is 31.5 Å². The zero-order valence-electron chi connectivity index (χ0n) is 16.5. The minimum absolute atomic E-state index is 0.0513. The Balaban J connectivity index is 1.99. The van der Waals surface area contributed by atoms with Crippen molar-refractivity contribution >= 4 is 5.78 Å². The van der Waals surface area contributed by atoms with Crippen LogP contribution in [-0.4, -0.2) is 68.4 Å². The lowest BCUT2D eigenvalue weighted by molar-refractivity contribution is -0.131. The predicted molar refractivity (Wildman–Crippen MR) is 96.4 cm³/mol. The molecule has 1 rings (SSSR count). The van der Waals surface area contributed by atoms with Crippen molar-refractivity contribution in [2.75, 3.05) is 46.1 Å². The molecule has 1 aliphatic rings. The van der Waals surface area contributed by atoms with E-state index >= 15 is 0 Å². The Morgan fingerprint density at radius 1 is 0.958 bits per heavy atom. The summed E-state index contributed by atoms with van der Waals surface area (Å²) in [6, 6.07) is 0. The Hall–Kier alpha value is -0.490. The van der Waals surface area contributed by atoms with E-state index in [1.165, 1.54) is 0 Å². The average molecular weight is 344 g/mol. The minimum atomic E-state index is -0.330. The molecule has 0 radical (unpaired) electrons. The molecular weight excluding hydrogens is 306 g/mol. The Bertz CT molecular complexity index is 363. The lowest BCUT2D eigenvalue weighted by Crippen LogP contribution is -2.41. The first-order valence-corrected chi connectivity index (χ1v) is 9.17. The minimum Gasteiger partial charge on any atom is -0.378 e. The number of hydrogen-bond acceptors (Lipinski definition) is 5. The molecule has 1 aliphatic heterocycles. The molecule has 0 spiro atoms. The van der Waals surface area contributed by atoms with Crippen molar-refractivity contribution in [1.82, 2.24) is 4.90 Å². The van der Waals surface area contributed by atoms with Gasteiger partial charge in [0, 0.05) is 25.0 Å². The van der Waals surface area contributed by atoms with Crippen LogP contribution in [0.2, 0.25) is 0 Å². The summed E-state index contributed by atoms with van der Waals surface area (Å²) in [5, 5.41) is 0. The van der Waals surface area contributed by atoms with E-state index in [-0.39, 0.29) is 23.4 Å². The first kappa shape index (κ1) is 21.6. The van der Waals surface area contributed by atoms with E-state index in [1.54, 1.807) is 0 Å². The van der Waals surface area contributed by atoms with Gasteiger partial charge in [-0.25, -0.2) is 0 Å². The summed E-state index contributed by atoms with van der Waals surface area (Å²) in [5.41, 5.74) is -0.381. The summed E-state index contributed by atoms with van der Waals surface area (Å²) in [4.78, 5) is 14.1. The molecule has 1 saturated heterocycles. The fourth-order valence-electron chi connectivity index (χ4n) is 2.55. The van der Waals surface area contributed by atoms with Crippen LogP contribution in [0, 0.1) is 5.41 Å². The van der Waals surface area contributed by atoms with Crippen molar-refractivity contribution < 1.29 is 19.0 Å². The van der Waals surface area contributed by atoms with Crippen molar-refractivity contribution in [1.29, 1.82) is 0 Å². The molecule has 0 bridgehead atoms. The third-order valence-corrected chi connectivity index (χ3v) is 4.05. The normalized spacial score (nSPS) is 18.1. The molecule has 24 heavy (non-hydrogen) atoms. The number of carbonyl (C=O) groups is 1. The number of nitrogens with zero attached hydrogens (tertiary/aromatic N) is 1. The SMILES string of the molecule is CC(C)(C)OC1CCN(CCOCCOCC(=O)C(C)(C)C)CC1. The summed E-state index contributed by atoms with van der Waals surface area (Å²) in [5.74, 6) is 0.128. The van der Waals surface area contributed by atoms with Gasteiger partial charge in [-0.2, -0.15) is 0 Å². The molecule has 1 fully saturated rings. The van der Waals surface area contributed by atoms with Crippen molar-refractivity contribution in [3.63, 3.8) is 0 Å². The van der Waals surface area contributed by atoms with Crippen LogP contribution in [0.4, 0.5) is 0 Å². The second-order valence-corrected chi connectivity index (χ2v) is 8.61. The van der Waals surface area contributed by atoms with Gasteiger partial charge in [-0.05, 0) is 33.6 Å². The van der Waals surface area contributed by atoms with E-state index in [4.69, 9.17) is 14.2 Å². The molecule has 0 N–H and O–H groups in total. The fraction of sp³-hybridized carbons (Fsp3) is 0.947. The maximum Gasteiger partial charge on any atom is 0.163 e. The largest absolute Gasteiger partial charge is 0.378 e. The third-order valence-electron chi connectivity index (χ3n) is 4.05. The molecule has 0 aromatic carbocycles. The van der Waals surface area contributed by atoms with Crippen molar-refractivity contribution in [2.24, 2.45) is 5.41 Å². The van der Waals surface area contributed by atoms with Crippen LogP contribution in [-0.2, 0) is 19.0 Å². The first-order chi connectivity index (χ1) is 11.1. The van der Waals surface area contributed by atoms with Gasteiger partial charge in [-0.3, -0.25) is 4.79 Å². The smallest absolute Gasteiger partial charge is 0.163 e. The number of hydrogen-bond donors (Lipinski definition) is 0. The topological polar surface area (TPSA) is 48.0 Å². The van der Waals surface area contributed by atoms with Crippen LogP contribution in [0.1, 0.15) is 54.4 Å². The lowest BCUT2D eigenvalue weighted by Gasteiger charge is -2.35. The van der Waals surface area contributed by atoms with E-state index in [9.17, 15) is 4.79 Å². The van der Waals surface area contributed by atoms with E-state index in [0.717, 1.165) is 32.5 Å². The Labute approximate surface area is 148 Å². The number of ether oxygens (including phenoxy) is 3. The molecule has 0 atom stereocenters. The third kappa shape index (κ3) is 9.72. The Kier molecular flexibility index (Phi) is 8.85. The van der Waals surface area contributed by atoms with Gasteiger partial charge in [-0.15, -0.1) is 0 Å². The van der Waals surface area contributed by atoms with Gasteiger partial charge >= 0.3 is 0 Å². The molecule has 5 heteroatoms. The van der Waals surface area contributed by atoms with E-state index in [1.807, 2.05) is 20.8 Å².